The molecule has 0 aromatic carbocycles. The second-order valence-electron chi connectivity index (χ2n) is 5.57. The molecule has 0 bridgehead atoms. The zero-order valence-corrected chi connectivity index (χ0v) is 11.7. The summed E-state index contributed by atoms with van der Waals surface area (Å²) in [5.41, 5.74) is 1.97. The Morgan fingerprint density at radius 3 is 3.05 bits per heavy atom. The standard InChI is InChI=1S/C15H21N3O/c1-11(2)14-17-13-7-5-8-16-15(13)18(14)10-12-6-3-4-9-19-12/h5,7-8,11-12H,3-4,6,9-10H2,1-2H3. The van der Waals surface area contributed by atoms with Crippen molar-refractivity contribution < 1.29 is 4.74 Å². The summed E-state index contributed by atoms with van der Waals surface area (Å²) in [4.78, 5) is 9.22. The molecule has 19 heavy (non-hydrogen) atoms. The molecule has 1 atom stereocenters. The first-order chi connectivity index (χ1) is 9.25. The molecule has 2 aromatic rings. The average molecular weight is 259 g/mol. The minimum absolute atomic E-state index is 0.311. The SMILES string of the molecule is CC(C)c1nc2cccnc2n1CC1CCCCO1. The summed E-state index contributed by atoms with van der Waals surface area (Å²) in [5, 5.41) is 0. The highest BCUT2D eigenvalue weighted by atomic mass is 16.5. The van der Waals surface area contributed by atoms with Gasteiger partial charge in [0.15, 0.2) is 5.65 Å². The third-order valence-electron chi connectivity index (χ3n) is 3.71. The lowest BCUT2D eigenvalue weighted by atomic mass is 10.1. The number of ether oxygens (including phenoxy) is 1. The van der Waals surface area contributed by atoms with Crippen molar-refractivity contribution in [3.05, 3.63) is 24.2 Å². The number of imidazole rings is 1. The molecule has 3 heterocycles. The lowest BCUT2D eigenvalue weighted by Crippen LogP contribution is -2.25. The number of hydrogen-bond donors (Lipinski definition) is 0. The zero-order valence-electron chi connectivity index (χ0n) is 11.7. The Labute approximate surface area is 113 Å². The van der Waals surface area contributed by atoms with Crippen molar-refractivity contribution in [1.29, 1.82) is 0 Å². The van der Waals surface area contributed by atoms with Crippen LogP contribution < -0.4 is 0 Å². The van der Waals surface area contributed by atoms with Gasteiger partial charge in [0, 0.05) is 18.7 Å². The van der Waals surface area contributed by atoms with Crippen molar-refractivity contribution in [2.45, 2.75) is 51.7 Å². The number of fused-ring (bicyclic) bond motifs is 1. The molecule has 0 amide bonds. The van der Waals surface area contributed by atoms with Gasteiger partial charge in [0.25, 0.3) is 0 Å². The number of pyridine rings is 1. The summed E-state index contributed by atoms with van der Waals surface area (Å²) in [7, 11) is 0. The predicted molar refractivity (Wildman–Crippen MR) is 75.2 cm³/mol. The van der Waals surface area contributed by atoms with Crippen LogP contribution >= 0.6 is 0 Å². The van der Waals surface area contributed by atoms with Gasteiger partial charge in [-0.15, -0.1) is 0 Å². The van der Waals surface area contributed by atoms with E-state index in [1.807, 2.05) is 18.3 Å². The Kier molecular flexibility index (Phi) is 3.51. The molecule has 0 spiro atoms. The van der Waals surface area contributed by atoms with E-state index in [0.29, 0.717) is 12.0 Å². The summed E-state index contributed by atoms with van der Waals surface area (Å²) in [6, 6.07) is 3.98. The van der Waals surface area contributed by atoms with Crippen molar-refractivity contribution >= 4 is 11.2 Å². The first-order valence-corrected chi connectivity index (χ1v) is 7.18. The van der Waals surface area contributed by atoms with Crippen molar-refractivity contribution in [1.82, 2.24) is 14.5 Å². The molecule has 0 N–H and O–H groups in total. The van der Waals surface area contributed by atoms with Crippen molar-refractivity contribution in [2.24, 2.45) is 0 Å². The zero-order chi connectivity index (χ0) is 13.2. The van der Waals surface area contributed by atoms with Crippen LogP contribution in [0.3, 0.4) is 0 Å². The normalized spacial score (nSPS) is 20.3. The van der Waals surface area contributed by atoms with E-state index in [2.05, 4.69) is 23.4 Å². The van der Waals surface area contributed by atoms with Gasteiger partial charge in [-0.3, -0.25) is 0 Å². The molecule has 3 rings (SSSR count). The molecule has 1 unspecified atom stereocenters. The Morgan fingerprint density at radius 2 is 2.32 bits per heavy atom. The van der Waals surface area contributed by atoms with Gasteiger partial charge in [-0.1, -0.05) is 13.8 Å². The monoisotopic (exact) mass is 259 g/mol. The van der Waals surface area contributed by atoms with Crippen LogP contribution in [0.4, 0.5) is 0 Å². The molecular formula is C15H21N3O. The summed E-state index contributed by atoms with van der Waals surface area (Å²) >= 11 is 0. The van der Waals surface area contributed by atoms with Gasteiger partial charge in [0.2, 0.25) is 0 Å². The van der Waals surface area contributed by atoms with E-state index in [0.717, 1.165) is 36.6 Å². The van der Waals surface area contributed by atoms with E-state index < -0.39 is 0 Å². The van der Waals surface area contributed by atoms with E-state index >= 15 is 0 Å². The van der Waals surface area contributed by atoms with Crippen LogP contribution in [0.25, 0.3) is 11.2 Å². The Morgan fingerprint density at radius 1 is 1.42 bits per heavy atom. The van der Waals surface area contributed by atoms with Gasteiger partial charge < -0.3 is 9.30 Å². The van der Waals surface area contributed by atoms with Crippen LogP contribution in [-0.4, -0.2) is 27.2 Å². The van der Waals surface area contributed by atoms with Crippen LogP contribution in [0.1, 0.15) is 44.9 Å². The fourth-order valence-electron chi connectivity index (χ4n) is 2.75. The van der Waals surface area contributed by atoms with Gasteiger partial charge in [-0.25, -0.2) is 9.97 Å². The van der Waals surface area contributed by atoms with Crippen LogP contribution in [-0.2, 0) is 11.3 Å². The summed E-state index contributed by atoms with van der Waals surface area (Å²) in [5.74, 6) is 1.51. The third-order valence-corrected chi connectivity index (χ3v) is 3.71. The van der Waals surface area contributed by atoms with E-state index in [4.69, 9.17) is 9.72 Å². The van der Waals surface area contributed by atoms with Crippen LogP contribution in [0.5, 0.6) is 0 Å². The third kappa shape index (κ3) is 2.50. The minimum Gasteiger partial charge on any atom is -0.376 e. The largest absolute Gasteiger partial charge is 0.376 e. The van der Waals surface area contributed by atoms with Gasteiger partial charge in [0.1, 0.15) is 11.3 Å². The number of hydrogen-bond acceptors (Lipinski definition) is 3. The Balaban J connectivity index is 1.97. The molecule has 102 valence electrons. The molecule has 0 aliphatic carbocycles. The highest BCUT2D eigenvalue weighted by Crippen LogP contribution is 2.23. The topological polar surface area (TPSA) is 39.9 Å². The Hall–Kier alpha value is -1.42. The maximum atomic E-state index is 5.86. The van der Waals surface area contributed by atoms with Crippen molar-refractivity contribution in [3.63, 3.8) is 0 Å². The minimum atomic E-state index is 0.311. The van der Waals surface area contributed by atoms with Gasteiger partial charge >= 0.3 is 0 Å². The molecule has 1 saturated heterocycles. The van der Waals surface area contributed by atoms with Crippen LogP contribution in [0, 0.1) is 0 Å². The highest BCUT2D eigenvalue weighted by Gasteiger charge is 2.20. The summed E-state index contributed by atoms with van der Waals surface area (Å²) < 4.78 is 8.10. The fraction of sp³-hybridized carbons (Fsp3) is 0.600. The van der Waals surface area contributed by atoms with Crippen molar-refractivity contribution in [3.8, 4) is 0 Å². The molecular weight excluding hydrogens is 238 g/mol. The van der Waals surface area contributed by atoms with E-state index in [1.54, 1.807) is 0 Å². The molecule has 0 saturated carbocycles. The maximum absolute atomic E-state index is 5.86. The maximum Gasteiger partial charge on any atom is 0.160 e. The van der Waals surface area contributed by atoms with E-state index in [9.17, 15) is 0 Å². The molecule has 4 heteroatoms. The summed E-state index contributed by atoms with van der Waals surface area (Å²) in [6.07, 6.45) is 5.75. The number of rotatable bonds is 3. The van der Waals surface area contributed by atoms with Crippen molar-refractivity contribution in [2.75, 3.05) is 6.61 Å². The second kappa shape index (κ2) is 5.29. The second-order valence-corrected chi connectivity index (χ2v) is 5.57. The number of aromatic nitrogens is 3. The van der Waals surface area contributed by atoms with Crippen LogP contribution in [0.2, 0.25) is 0 Å². The van der Waals surface area contributed by atoms with Crippen LogP contribution in [0.15, 0.2) is 18.3 Å². The molecule has 1 aliphatic heterocycles. The lowest BCUT2D eigenvalue weighted by Gasteiger charge is -2.24. The average Bonchev–Trinajstić information content (AvgIpc) is 2.79. The predicted octanol–water partition coefficient (Wildman–Crippen LogP) is 3.12. The molecule has 4 nitrogen and oxygen atoms in total. The highest BCUT2D eigenvalue weighted by molar-refractivity contribution is 5.71. The fourth-order valence-corrected chi connectivity index (χ4v) is 2.75. The first-order valence-electron chi connectivity index (χ1n) is 7.18. The van der Waals surface area contributed by atoms with E-state index in [1.165, 1.54) is 12.8 Å². The molecule has 0 radical (unpaired) electrons. The van der Waals surface area contributed by atoms with Gasteiger partial charge in [-0.05, 0) is 31.4 Å². The molecule has 1 aliphatic rings. The number of nitrogens with zero attached hydrogens (tertiary/aromatic N) is 3. The molecule has 1 fully saturated rings. The first kappa shape index (κ1) is 12.6. The quantitative estimate of drug-likeness (QED) is 0.850. The van der Waals surface area contributed by atoms with Gasteiger partial charge in [-0.2, -0.15) is 0 Å². The van der Waals surface area contributed by atoms with E-state index in [-0.39, 0.29) is 0 Å². The summed E-state index contributed by atoms with van der Waals surface area (Å²) in [6.45, 7) is 6.13. The molecule has 2 aromatic heterocycles. The lowest BCUT2D eigenvalue weighted by molar-refractivity contribution is 0.00601. The smallest absolute Gasteiger partial charge is 0.160 e. The van der Waals surface area contributed by atoms with Gasteiger partial charge in [0.05, 0.1) is 12.6 Å². The Bertz CT molecular complexity index is 556.